The molecule has 0 fully saturated rings. The van der Waals surface area contributed by atoms with Crippen LogP contribution >= 0.6 is 0 Å². The topological polar surface area (TPSA) is 55.6 Å². The van der Waals surface area contributed by atoms with E-state index < -0.39 is 0 Å². The Bertz CT molecular complexity index is 883. The predicted molar refractivity (Wildman–Crippen MR) is 94.0 cm³/mol. The van der Waals surface area contributed by atoms with E-state index in [0.29, 0.717) is 0 Å². The third-order valence-corrected chi connectivity index (χ3v) is 4.91. The van der Waals surface area contributed by atoms with Crippen LogP contribution in [0.15, 0.2) is 42.5 Å². The molecule has 1 N–H and O–H groups in total. The molecule has 2 atom stereocenters. The zero-order chi connectivity index (χ0) is 16.7. The van der Waals surface area contributed by atoms with Gasteiger partial charge < -0.3 is 5.32 Å². The van der Waals surface area contributed by atoms with Gasteiger partial charge in [0.2, 0.25) is 5.95 Å². The molecule has 122 valence electrons. The molecule has 2 heterocycles. The summed E-state index contributed by atoms with van der Waals surface area (Å²) in [6.07, 6.45) is 0.921. The number of hydrogen-bond donors (Lipinski definition) is 1. The molecule has 0 saturated carbocycles. The van der Waals surface area contributed by atoms with Crippen molar-refractivity contribution < 1.29 is 0 Å². The van der Waals surface area contributed by atoms with E-state index in [4.69, 9.17) is 0 Å². The first-order valence-electron chi connectivity index (χ1n) is 8.30. The molecule has 5 heteroatoms. The monoisotopic (exact) mass is 319 g/mol. The number of nitrogens with zero attached hydrogens (tertiary/aromatic N) is 4. The van der Waals surface area contributed by atoms with Gasteiger partial charge in [0.05, 0.1) is 12.1 Å². The van der Waals surface area contributed by atoms with Crippen LogP contribution in [0.3, 0.4) is 0 Å². The van der Waals surface area contributed by atoms with Crippen LogP contribution in [0.2, 0.25) is 0 Å². The summed E-state index contributed by atoms with van der Waals surface area (Å²) >= 11 is 0. The molecular weight excluding hydrogens is 298 g/mol. The molecule has 0 bridgehead atoms. The van der Waals surface area contributed by atoms with E-state index in [1.807, 2.05) is 4.68 Å². The molecule has 1 aromatic heterocycles. The summed E-state index contributed by atoms with van der Waals surface area (Å²) in [7, 11) is 0. The third kappa shape index (κ3) is 2.56. The maximum absolute atomic E-state index is 4.20. The lowest BCUT2D eigenvalue weighted by Crippen LogP contribution is -2.28. The number of aromatic nitrogens is 4. The van der Waals surface area contributed by atoms with Gasteiger partial charge in [-0.15, -0.1) is 0 Å². The lowest BCUT2D eigenvalue weighted by Gasteiger charge is -2.31. The quantitative estimate of drug-likeness (QED) is 0.781. The Labute approximate surface area is 141 Å². The van der Waals surface area contributed by atoms with Gasteiger partial charge in [0, 0.05) is 0 Å². The van der Waals surface area contributed by atoms with E-state index in [-0.39, 0.29) is 12.1 Å². The smallest absolute Gasteiger partial charge is 0.243 e. The second-order valence-electron chi connectivity index (χ2n) is 6.65. The van der Waals surface area contributed by atoms with Crippen molar-refractivity contribution in [3.63, 3.8) is 0 Å². The number of tetrazole rings is 1. The SMILES string of the molecule is Cc1cccc([C@H]2C[C@@H](c3ccc(C)c(C)c3)Nc3nnnn32)c1. The van der Waals surface area contributed by atoms with Crippen LogP contribution in [0.4, 0.5) is 5.95 Å². The molecule has 0 amide bonds. The number of aryl methyl sites for hydroxylation is 3. The fourth-order valence-corrected chi connectivity index (χ4v) is 3.39. The molecule has 1 aliphatic heterocycles. The van der Waals surface area contributed by atoms with Gasteiger partial charge in [-0.25, -0.2) is 4.68 Å². The summed E-state index contributed by atoms with van der Waals surface area (Å²) in [4.78, 5) is 0. The number of rotatable bonds is 2. The van der Waals surface area contributed by atoms with Crippen LogP contribution in [-0.2, 0) is 0 Å². The molecule has 0 unspecified atom stereocenters. The molecular formula is C19H21N5. The molecule has 0 saturated heterocycles. The van der Waals surface area contributed by atoms with Gasteiger partial charge in [-0.1, -0.05) is 53.1 Å². The predicted octanol–water partition coefficient (Wildman–Crippen LogP) is 3.74. The van der Waals surface area contributed by atoms with Crippen LogP contribution in [0, 0.1) is 20.8 Å². The normalized spacial score (nSPS) is 19.6. The highest BCUT2D eigenvalue weighted by Crippen LogP contribution is 2.37. The summed E-state index contributed by atoms with van der Waals surface area (Å²) in [6, 6.07) is 15.6. The van der Waals surface area contributed by atoms with Crippen molar-refractivity contribution in [3.05, 3.63) is 70.3 Å². The summed E-state index contributed by atoms with van der Waals surface area (Å²) in [5.74, 6) is 0.732. The Hall–Kier alpha value is -2.69. The Morgan fingerprint density at radius 3 is 2.67 bits per heavy atom. The molecule has 0 spiro atoms. The maximum atomic E-state index is 4.20. The van der Waals surface area contributed by atoms with E-state index in [2.05, 4.69) is 84.1 Å². The standard InChI is InChI=1S/C19H21N5/c1-12-5-4-6-16(9-12)18-11-17(20-19-21-22-23-24(18)19)15-8-7-13(2)14(3)10-15/h4-10,17-18H,11H2,1-3H3,(H,20,21,23)/t17-,18+/m0/s1. The molecule has 0 radical (unpaired) electrons. The molecule has 24 heavy (non-hydrogen) atoms. The van der Waals surface area contributed by atoms with E-state index in [0.717, 1.165) is 12.4 Å². The number of fused-ring (bicyclic) bond motifs is 1. The Balaban J connectivity index is 1.74. The van der Waals surface area contributed by atoms with E-state index >= 15 is 0 Å². The van der Waals surface area contributed by atoms with Crippen LogP contribution < -0.4 is 5.32 Å². The highest BCUT2D eigenvalue weighted by atomic mass is 15.6. The van der Waals surface area contributed by atoms with Gasteiger partial charge in [-0.05, 0) is 59.9 Å². The first-order valence-corrected chi connectivity index (χ1v) is 8.30. The Kier molecular flexibility index (Phi) is 3.56. The maximum Gasteiger partial charge on any atom is 0.243 e. The van der Waals surface area contributed by atoms with Crippen LogP contribution in [-0.4, -0.2) is 20.2 Å². The fourth-order valence-electron chi connectivity index (χ4n) is 3.39. The number of benzene rings is 2. The Morgan fingerprint density at radius 2 is 1.88 bits per heavy atom. The van der Waals surface area contributed by atoms with Crippen LogP contribution in [0.1, 0.15) is 46.3 Å². The molecule has 3 aromatic rings. The van der Waals surface area contributed by atoms with Crippen molar-refractivity contribution in [2.45, 2.75) is 39.3 Å². The summed E-state index contributed by atoms with van der Waals surface area (Å²) < 4.78 is 1.90. The van der Waals surface area contributed by atoms with Gasteiger partial charge in [-0.2, -0.15) is 0 Å². The summed E-state index contributed by atoms with van der Waals surface area (Å²) in [5.41, 5.74) is 6.41. The highest BCUT2D eigenvalue weighted by molar-refractivity contribution is 5.40. The van der Waals surface area contributed by atoms with Gasteiger partial charge in [0.25, 0.3) is 0 Å². The van der Waals surface area contributed by atoms with Gasteiger partial charge in [-0.3, -0.25) is 0 Å². The summed E-state index contributed by atoms with van der Waals surface area (Å²) in [6.45, 7) is 6.42. The minimum absolute atomic E-state index is 0.141. The molecule has 1 aliphatic rings. The van der Waals surface area contributed by atoms with Crippen molar-refractivity contribution in [1.82, 2.24) is 20.2 Å². The molecule has 4 rings (SSSR count). The highest BCUT2D eigenvalue weighted by Gasteiger charge is 2.30. The summed E-state index contributed by atoms with van der Waals surface area (Å²) in [5, 5.41) is 15.7. The molecule has 5 nitrogen and oxygen atoms in total. The van der Waals surface area contributed by atoms with Crippen LogP contribution in [0.25, 0.3) is 0 Å². The van der Waals surface area contributed by atoms with Gasteiger partial charge >= 0.3 is 0 Å². The number of nitrogens with one attached hydrogen (secondary N) is 1. The first-order chi connectivity index (χ1) is 11.6. The van der Waals surface area contributed by atoms with Gasteiger partial charge in [0.15, 0.2) is 0 Å². The van der Waals surface area contributed by atoms with Crippen molar-refractivity contribution in [2.24, 2.45) is 0 Å². The second-order valence-corrected chi connectivity index (χ2v) is 6.65. The lowest BCUT2D eigenvalue weighted by molar-refractivity contribution is 0.423. The number of hydrogen-bond acceptors (Lipinski definition) is 4. The first kappa shape index (κ1) is 14.9. The van der Waals surface area contributed by atoms with E-state index in [1.165, 1.54) is 27.8 Å². The van der Waals surface area contributed by atoms with E-state index in [1.54, 1.807) is 0 Å². The van der Waals surface area contributed by atoms with Crippen molar-refractivity contribution >= 4 is 5.95 Å². The lowest BCUT2D eigenvalue weighted by atomic mass is 9.91. The van der Waals surface area contributed by atoms with Gasteiger partial charge in [0.1, 0.15) is 0 Å². The van der Waals surface area contributed by atoms with Crippen molar-refractivity contribution in [1.29, 1.82) is 0 Å². The average molecular weight is 319 g/mol. The average Bonchev–Trinajstić information content (AvgIpc) is 3.05. The third-order valence-electron chi connectivity index (χ3n) is 4.91. The van der Waals surface area contributed by atoms with E-state index in [9.17, 15) is 0 Å². The zero-order valence-electron chi connectivity index (χ0n) is 14.2. The number of anilines is 1. The largest absolute Gasteiger partial charge is 0.346 e. The zero-order valence-corrected chi connectivity index (χ0v) is 14.2. The van der Waals surface area contributed by atoms with Crippen molar-refractivity contribution in [2.75, 3.05) is 5.32 Å². The minimum atomic E-state index is 0.141. The Morgan fingerprint density at radius 1 is 1.00 bits per heavy atom. The molecule has 0 aliphatic carbocycles. The second kappa shape index (κ2) is 5.74. The molecule has 2 aromatic carbocycles. The minimum Gasteiger partial charge on any atom is -0.346 e. The fraction of sp³-hybridized carbons (Fsp3) is 0.316. The van der Waals surface area contributed by atoms with Crippen molar-refractivity contribution in [3.8, 4) is 0 Å². The van der Waals surface area contributed by atoms with Crippen LogP contribution in [0.5, 0.6) is 0 Å².